The fourth-order valence-electron chi connectivity index (χ4n) is 3.20. The number of fused-ring (bicyclic) bond motifs is 3. The van der Waals surface area contributed by atoms with Crippen molar-refractivity contribution in [3.8, 4) is 11.1 Å². The van der Waals surface area contributed by atoms with E-state index in [1.807, 2.05) is 42.7 Å². The normalized spacial score (nSPS) is 13.8. The number of hydrogen-bond acceptors (Lipinski definition) is 5. The first-order chi connectivity index (χ1) is 12.1. The van der Waals surface area contributed by atoms with E-state index in [-0.39, 0.29) is 12.5 Å². The minimum atomic E-state index is -0.838. The maximum atomic E-state index is 12.1. The van der Waals surface area contributed by atoms with Crippen molar-refractivity contribution < 1.29 is 14.3 Å². The van der Waals surface area contributed by atoms with Crippen LogP contribution in [0.1, 0.15) is 23.5 Å². The van der Waals surface area contributed by atoms with Gasteiger partial charge >= 0.3 is 5.97 Å². The zero-order valence-electron chi connectivity index (χ0n) is 14.1. The van der Waals surface area contributed by atoms with Crippen molar-refractivity contribution in [1.29, 1.82) is 0 Å². The molecular formula is C20H21NO3S. The summed E-state index contributed by atoms with van der Waals surface area (Å²) < 4.78 is 5.33. The van der Waals surface area contributed by atoms with E-state index in [0.717, 1.165) is 28.0 Å². The first-order valence-electron chi connectivity index (χ1n) is 8.27. The van der Waals surface area contributed by atoms with Crippen molar-refractivity contribution in [2.75, 3.05) is 18.6 Å². The van der Waals surface area contributed by atoms with Gasteiger partial charge in [0.1, 0.15) is 6.61 Å². The molecule has 0 fully saturated rings. The molecule has 2 N–H and O–H groups in total. The second kappa shape index (κ2) is 7.85. The summed E-state index contributed by atoms with van der Waals surface area (Å²) in [5.74, 6) is -0.792. The highest BCUT2D eigenvalue weighted by Crippen LogP contribution is 2.44. The predicted molar refractivity (Wildman–Crippen MR) is 101 cm³/mol. The lowest BCUT2D eigenvalue weighted by Gasteiger charge is -2.15. The molecule has 1 atom stereocenters. The molecule has 0 amide bonds. The monoisotopic (exact) mass is 355 g/mol. The number of esters is 1. The van der Waals surface area contributed by atoms with E-state index in [9.17, 15) is 9.59 Å². The minimum Gasteiger partial charge on any atom is -0.459 e. The third kappa shape index (κ3) is 3.62. The predicted octanol–water partition coefficient (Wildman–Crippen LogP) is 2.99. The van der Waals surface area contributed by atoms with Gasteiger partial charge in [-0.3, -0.25) is 4.79 Å². The molecule has 5 heteroatoms. The summed E-state index contributed by atoms with van der Waals surface area (Å²) in [5, 5.41) is 0. The quantitative estimate of drug-likeness (QED) is 0.611. The molecule has 130 valence electrons. The summed E-state index contributed by atoms with van der Waals surface area (Å²) in [7, 11) is 0. The molecule has 2 aromatic rings. The van der Waals surface area contributed by atoms with Crippen LogP contribution in [0, 0.1) is 0 Å². The summed E-state index contributed by atoms with van der Waals surface area (Å²) >= 11 is 1.59. The van der Waals surface area contributed by atoms with Crippen LogP contribution in [0.5, 0.6) is 0 Å². The van der Waals surface area contributed by atoms with Gasteiger partial charge in [-0.1, -0.05) is 48.5 Å². The van der Waals surface area contributed by atoms with Crippen LogP contribution in [0.15, 0.2) is 48.5 Å². The highest BCUT2D eigenvalue weighted by atomic mass is 32.2. The van der Waals surface area contributed by atoms with Gasteiger partial charge in [0.15, 0.2) is 0 Å². The largest absolute Gasteiger partial charge is 0.459 e. The number of carbonyl (C=O) groups excluding carboxylic acids is 2. The highest BCUT2D eigenvalue weighted by Gasteiger charge is 2.30. The Bertz CT molecular complexity index is 745. The second-order valence-electron chi connectivity index (χ2n) is 6.08. The van der Waals surface area contributed by atoms with Crippen LogP contribution in [0.2, 0.25) is 0 Å². The standard InChI is InChI=1S/C20H21NO3S/c1-25-11-10-18(21)19(22)20(23)24-12-17-15-8-4-2-6-13(15)14-7-3-5-9-16(14)17/h2-9,17-18H,10-12,21H2,1H3/t18-/m0/s1. The van der Waals surface area contributed by atoms with Gasteiger partial charge < -0.3 is 10.5 Å². The Morgan fingerprint density at radius 3 is 2.20 bits per heavy atom. The van der Waals surface area contributed by atoms with Crippen LogP contribution < -0.4 is 5.73 Å². The van der Waals surface area contributed by atoms with Gasteiger partial charge in [-0.05, 0) is 40.7 Å². The van der Waals surface area contributed by atoms with Gasteiger partial charge in [-0.15, -0.1) is 0 Å². The summed E-state index contributed by atoms with van der Waals surface area (Å²) in [4.78, 5) is 24.1. The zero-order valence-corrected chi connectivity index (χ0v) is 14.9. The Labute approximate surface area is 151 Å². The number of hydrogen-bond donors (Lipinski definition) is 1. The molecule has 0 bridgehead atoms. The van der Waals surface area contributed by atoms with Crippen LogP contribution in [0.4, 0.5) is 0 Å². The molecular weight excluding hydrogens is 334 g/mol. The highest BCUT2D eigenvalue weighted by molar-refractivity contribution is 7.98. The van der Waals surface area contributed by atoms with Crippen molar-refractivity contribution in [2.45, 2.75) is 18.4 Å². The lowest BCUT2D eigenvalue weighted by atomic mass is 9.98. The van der Waals surface area contributed by atoms with E-state index < -0.39 is 17.8 Å². The fourth-order valence-corrected chi connectivity index (χ4v) is 3.69. The molecule has 4 nitrogen and oxygen atoms in total. The smallest absolute Gasteiger partial charge is 0.376 e. The Morgan fingerprint density at radius 1 is 1.08 bits per heavy atom. The molecule has 0 unspecified atom stereocenters. The third-order valence-corrected chi connectivity index (χ3v) is 5.16. The van der Waals surface area contributed by atoms with E-state index in [0.29, 0.717) is 6.42 Å². The molecule has 0 saturated heterocycles. The number of nitrogens with two attached hydrogens (primary N) is 1. The molecule has 3 rings (SSSR count). The van der Waals surface area contributed by atoms with Gasteiger partial charge in [-0.25, -0.2) is 4.79 Å². The Hall–Kier alpha value is -2.11. The van der Waals surface area contributed by atoms with Crippen molar-refractivity contribution in [2.24, 2.45) is 5.73 Å². The van der Waals surface area contributed by atoms with Crippen molar-refractivity contribution in [1.82, 2.24) is 0 Å². The average Bonchev–Trinajstić information content (AvgIpc) is 2.97. The number of Topliss-reactive ketones (excluding diaryl/α,β-unsaturated/α-hetero) is 1. The van der Waals surface area contributed by atoms with Gasteiger partial charge in [0.05, 0.1) is 6.04 Å². The zero-order chi connectivity index (χ0) is 17.8. The van der Waals surface area contributed by atoms with Crippen LogP contribution in [-0.2, 0) is 14.3 Å². The molecule has 0 aromatic heterocycles. The SMILES string of the molecule is CSCC[C@H](N)C(=O)C(=O)OCC1c2ccccc2-c2ccccc21. The Kier molecular flexibility index (Phi) is 5.56. The van der Waals surface area contributed by atoms with Gasteiger partial charge in [0.2, 0.25) is 0 Å². The van der Waals surface area contributed by atoms with Crippen LogP contribution in [-0.4, -0.2) is 36.4 Å². The molecule has 0 spiro atoms. The van der Waals surface area contributed by atoms with Crippen LogP contribution in [0.25, 0.3) is 11.1 Å². The Morgan fingerprint density at radius 2 is 1.64 bits per heavy atom. The minimum absolute atomic E-state index is 0.0495. The lowest BCUT2D eigenvalue weighted by molar-refractivity contribution is -0.154. The first-order valence-corrected chi connectivity index (χ1v) is 9.66. The van der Waals surface area contributed by atoms with Crippen molar-refractivity contribution in [3.05, 3.63) is 59.7 Å². The maximum Gasteiger partial charge on any atom is 0.376 e. The van der Waals surface area contributed by atoms with Crippen molar-refractivity contribution >= 4 is 23.5 Å². The number of ether oxygens (including phenoxy) is 1. The molecule has 0 radical (unpaired) electrons. The van der Waals surface area contributed by atoms with Gasteiger partial charge in [-0.2, -0.15) is 11.8 Å². The molecule has 1 aliphatic rings. The fraction of sp³-hybridized carbons (Fsp3) is 0.300. The summed E-state index contributed by atoms with van der Waals surface area (Å²) in [5.41, 5.74) is 10.3. The van der Waals surface area contributed by atoms with Gasteiger partial charge in [0, 0.05) is 5.92 Å². The molecule has 25 heavy (non-hydrogen) atoms. The van der Waals surface area contributed by atoms with Crippen LogP contribution >= 0.6 is 11.8 Å². The number of ketones is 1. The molecule has 0 saturated carbocycles. The average molecular weight is 355 g/mol. The van der Waals surface area contributed by atoms with E-state index in [2.05, 4.69) is 12.1 Å². The van der Waals surface area contributed by atoms with Crippen molar-refractivity contribution in [3.63, 3.8) is 0 Å². The Balaban J connectivity index is 1.71. The third-order valence-electron chi connectivity index (χ3n) is 4.51. The molecule has 0 aliphatic heterocycles. The summed E-state index contributed by atoms with van der Waals surface area (Å²) in [6.07, 6.45) is 2.41. The topological polar surface area (TPSA) is 69.4 Å². The molecule has 2 aromatic carbocycles. The summed E-state index contributed by atoms with van der Waals surface area (Å²) in [6.45, 7) is 0.147. The van der Waals surface area contributed by atoms with E-state index >= 15 is 0 Å². The lowest BCUT2D eigenvalue weighted by Crippen LogP contribution is -2.38. The molecule has 1 aliphatic carbocycles. The van der Waals surface area contributed by atoms with Crippen LogP contribution in [0.3, 0.4) is 0 Å². The molecule has 0 heterocycles. The number of rotatable bonds is 7. The first kappa shape index (κ1) is 17.7. The second-order valence-corrected chi connectivity index (χ2v) is 7.06. The van der Waals surface area contributed by atoms with E-state index in [4.69, 9.17) is 10.5 Å². The van der Waals surface area contributed by atoms with E-state index in [1.165, 1.54) is 0 Å². The number of thioether (sulfide) groups is 1. The van der Waals surface area contributed by atoms with Gasteiger partial charge in [0.25, 0.3) is 5.78 Å². The summed E-state index contributed by atoms with van der Waals surface area (Å²) in [6, 6.07) is 15.4. The number of benzene rings is 2. The maximum absolute atomic E-state index is 12.1. The number of carbonyl (C=O) groups is 2. The van der Waals surface area contributed by atoms with E-state index in [1.54, 1.807) is 11.8 Å².